The molecule has 3 heterocycles. The summed E-state index contributed by atoms with van der Waals surface area (Å²) in [5.74, 6) is 3.55. The standard InChI is InChI=1S/C22H26N4O4/c1-27-18-5-4-17(19(28-2)20(18)29-3)14-26-12-8-16(9-13-26)22-25-24-21(30-22)15-6-10-23-11-7-15/h4-7,10-11,16H,8-9,12-14H2,1-3H3. The predicted molar refractivity (Wildman–Crippen MR) is 111 cm³/mol. The lowest BCUT2D eigenvalue weighted by Gasteiger charge is -2.31. The van der Waals surface area contributed by atoms with Gasteiger partial charge in [0, 0.05) is 36.0 Å². The molecule has 1 aliphatic rings. The molecule has 1 saturated heterocycles. The van der Waals surface area contributed by atoms with Crippen molar-refractivity contribution in [2.24, 2.45) is 0 Å². The Hall–Kier alpha value is -3.13. The Balaban J connectivity index is 1.40. The third-order valence-electron chi connectivity index (χ3n) is 5.48. The molecule has 3 aromatic rings. The van der Waals surface area contributed by atoms with Crippen LogP contribution in [0.4, 0.5) is 0 Å². The number of piperidine rings is 1. The number of benzene rings is 1. The molecule has 0 spiro atoms. The van der Waals surface area contributed by atoms with Crippen molar-refractivity contribution in [1.82, 2.24) is 20.1 Å². The molecular weight excluding hydrogens is 384 g/mol. The minimum atomic E-state index is 0.275. The molecule has 30 heavy (non-hydrogen) atoms. The summed E-state index contributed by atoms with van der Waals surface area (Å²) in [6.07, 6.45) is 5.38. The van der Waals surface area contributed by atoms with Crippen LogP contribution < -0.4 is 14.2 Å². The fourth-order valence-electron chi connectivity index (χ4n) is 3.88. The Morgan fingerprint density at radius 2 is 1.67 bits per heavy atom. The van der Waals surface area contributed by atoms with Gasteiger partial charge in [0.25, 0.3) is 0 Å². The first-order valence-electron chi connectivity index (χ1n) is 9.97. The third-order valence-corrected chi connectivity index (χ3v) is 5.48. The largest absolute Gasteiger partial charge is 0.493 e. The van der Waals surface area contributed by atoms with E-state index in [1.165, 1.54) is 0 Å². The highest BCUT2D eigenvalue weighted by molar-refractivity contribution is 5.55. The highest BCUT2D eigenvalue weighted by atomic mass is 16.5. The fourth-order valence-corrected chi connectivity index (χ4v) is 3.88. The molecule has 158 valence electrons. The minimum absolute atomic E-state index is 0.275. The van der Waals surface area contributed by atoms with Crippen LogP contribution in [0.3, 0.4) is 0 Å². The number of hydrogen-bond donors (Lipinski definition) is 0. The summed E-state index contributed by atoms with van der Waals surface area (Å²) >= 11 is 0. The molecule has 0 atom stereocenters. The minimum Gasteiger partial charge on any atom is -0.493 e. The van der Waals surface area contributed by atoms with Crippen molar-refractivity contribution in [3.8, 4) is 28.7 Å². The van der Waals surface area contributed by atoms with Crippen molar-refractivity contribution in [3.05, 3.63) is 48.1 Å². The van der Waals surface area contributed by atoms with Gasteiger partial charge in [0.15, 0.2) is 11.5 Å². The van der Waals surface area contributed by atoms with Crippen molar-refractivity contribution in [2.75, 3.05) is 34.4 Å². The molecule has 0 N–H and O–H groups in total. The predicted octanol–water partition coefficient (Wildman–Crippen LogP) is 3.54. The average Bonchev–Trinajstić information content (AvgIpc) is 3.30. The van der Waals surface area contributed by atoms with E-state index in [9.17, 15) is 0 Å². The second-order valence-corrected chi connectivity index (χ2v) is 7.23. The van der Waals surface area contributed by atoms with Gasteiger partial charge in [-0.1, -0.05) is 6.07 Å². The van der Waals surface area contributed by atoms with Crippen molar-refractivity contribution < 1.29 is 18.6 Å². The van der Waals surface area contributed by atoms with E-state index in [4.69, 9.17) is 18.6 Å². The molecule has 1 fully saturated rings. The molecular formula is C22H26N4O4. The number of pyridine rings is 1. The highest BCUT2D eigenvalue weighted by Crippen LogP contribution is 2.40. The molecule has 0 aliphatic carbocycles. The van der Waals surface area contributed by atoms with E-state index in [2.05, 4.69) is 20.1 Å². The summed E-state index contributed by atoms with van der Waals surface area (Å²) in [5, 5.41) is 8.49. The summed E-state index contributed by atoms with van der Waals surface area (Å²) in [5.41, 5.74) is 1.97. The van der Waals surface area contributed by atoms with Gasteiger partial charge < -0.3 is 18.6 Å². The lowest BCUT2D eigenvalue weighted by atomic mass is 9.96. The third kappa shape index (κ3) is 4.09. The van der Waals surface area contributed by atoms with Crippen molar-refractivity contribution >= 4 is 0 Å². The molecule has 1 aromatic carbocycles. The van der Waals surface area contributed by atoms with Gasteiger partial charge in [-0.25, -0.2) is 0 Å². The van der Waals surface area contributed by atoms with Crippen molar-refractivity contribution in [1.29, 1.82) is 0 Å². The number of hydrogen-bond acceptors (Lipinski definition) is 8. The van der Waals surface area contributed by atoms with Gasteiger partial charge in [-0.05, 0) is 44.1 Å². The van der Waals surface area contributed by atoms with Crippen LogP contribution in [0.1, 0.15) is 30.2 Å². The number of likely N-dealkylation sites (tertiary alicyclic amines) is 1. The van der Waals surface area contributed by atoms with Gasteiger partial charge in [-0.15, -0.1) is 10.2 Å². The van der Waals surface area contributed by atoms with Gasteiger partial charge in [0.05, 0.1) is 21.3 Å². The summed E-state index contributed by atoms with van der Waals surface area (Å²) < 4.78 is 22.4. The Labute approximate surface area is 175 Å². The van der Waals surface area contributed by atoms with Crippen molar-refractivity contribution in [2.45, 2.75) is 25.3 Å². The molecule has 0 radical (unpaired) electrons. The molecule has 0 bridgehead atoms. The van der Waals surface area contributed by atoms with Crippen LogP contribution in [0.15, 0.2) is 41.1 Å². The zero-order valence-corrected chi connectivity index (χ0v) is 17.5. The molecule has 1 aliphatic heterocycles. The zero-order valence-electron chi connectivity index (χ0n) is 17.5. The summed E-state index contributed by atoms with van der Waals surface area (Å²) in [4.78, 5) is 6.43. The Bertz CT molecular complexity index is 969. The van der Waals surface area contributed by atoms with Gasteiger partial charge in [0.2, 0.25) is 17.5 Å². The van der Waals surface area contributed by atoms with Gasteiger partial charge in [0.1, 0.15) is 0 Å². The number of ether oxygens (including phenoxy) is 3. The summed E-state index contributed by atoms with van der Waals surface area (Å²) in [6, 6.07) is 7.70. The van der Waals surface area contributed by atoms with Crippen LogP contribution in [-0.2, 0) is 6.54 Å². The van der Waals surface area contributed by atoms with E-state index in [1.807, 2.05) is 24.3 Å². The fraction of sp³-hybridized carbons (Fsp3) is 0.409. The summed E-state index contributed by atoms with van der Waals surface area (Å²) in [7, 11) is 4.91. The molecule has 8 heteroatoms. The summed E-state index contributed by atoms with van der Waals surface area (Å²) in [6.45, 7) is 2.66. The highest BCUT2D eigenvalue weighted by Gasteiger charge is 2.26. The lowest BCUT2D eigenvalue weighted by Crippen LogP contribution is -2.32. The van der Waals surface area contributed by atoms with Gasteiger partial charge >= 0.3 is 0 Å². The molecule has 0 unspecified atom stereocenters. The maximum absolute atomic E-state index is 5.94. The van der Waals surface area contributed by atoms with Crippen LogP contribution in [0.25, 0.3) is 11.5 Å². The monoisotopic (exact) mass is 410 g/mol. The van der Waals surface area contributed by atoms with Crippen LogP contribution in [0.5, 0.6) is 17.2 Å². The normalized spacial score (nSPS) is 15.2. The van der Waals surface area contributed by atoms with Crippen LogP contribution in [0, 0.1) is 0 Å². The lowest BCUT2D eigenvalue weighted by molar-refractivity contribution is 0.190. The first-order chi connectivity index (χ1) is 14.7. The van der Waals surface area contributed by atoms with E-state index in [1.54, 1.807) is 33.7 Å². The maximum atomic E-state index is 5.94. The van der Waals surface area contributed by atoms with Crippen molar-refractivity contribution in [3.63, 3.8) is 0 Å². The second kappa shape index (κ2) is 9.13. The topological polar surface area (TPSA) is 82.7 Å². The Kier molecular flexibility index (Phi) is 6.13. The number of rotatable bonds is 7. The molecule has 0 saturated carbocycles. The van der Waals surface area contributed by atoms with E-state index >= 15 is 0 Å². The Morgan fingerprint density at radius 1 is 0.933 bits per heavy atom. The van der Waals surface area contributed by atoms with Crippen LogP contribution >= 0.6 is 0 Å². The molecule has 8 nitrogen and oxygen atoms in total. The first kappa shape index (κ1) is 20.2. The Morgan fingerprint density at radius 3 is 2.33 bits per heavy atom. The van der Waals surface area contributed by atoms with Crippen LogP contribution in [0.2, 0.25) is 0 Å². The zero-order chi connectivity index (χ0) is 20.9. The maximum Gasteiger partial charge on any atom is 0.247 e. The number of nitrogens with zero attached hydrogens (tertiary/aromatic N) is 4. The molecule has 0 amide bonds. The molecule has 2 aromatic heterocycles. The smallest absolute Gasteiger partial charge is 0.247 e. The van der Waals surface area contributed by atoms with Gasteiger partial charge in [-0.2, -0.15) is 0 Å². The second-order valence-electron chi connectivity index (χ2n) is 7.23. The van der Waals surface area contributed by atoms with Gasteiger partial charge in [-0.3, -0.25) is 9.88 Å². The van der Waals surface area contributed by atoms with E-state index in [0.29, 0.717) is 23.3 Å². The average molecular weight is 410 g/mol. The van der Waals surface area contributed by atoms with E-state index in [0.717, 1.165) is 49.4 Å². The first-order valence-corrected chi connectivity index (χ1v) is 9.97. The van der Waals surface area contributed by atoms with E-state index in [-0.39, 0.29) is 5.92 Å². The molecule has 4 rings (SSSR count). The van der Waals surface area contributed by atoms with Crippen LogP contribution in [-0.4, -0.2) is 54.5 Å². The quantitative estimate of drug-likeness (QED) is 0.585. The number of aromatic nitrogens is 3. The van der Waals surface area contributed by atoms with E-state index < -0.39 is 0 Å². The number of methoxy groups -OCH3 is 3. The SMILES string of the molecule is COc1ccc(CN2CCC(c3nnc(-c4ccncc4)o3)CC2)c(OC)c1OC.